The fourth-order valence-corrected chi connectivity index (χ4v) is 5.40. The number of hydrogen-bond donors (Lipinski definition) is 1. The van der Waals surface area contributed by atoms with Crippen LogP contribution in [0.3, 0.4) is 0 Å². The molecule has 1 aliphatic rings. The lowest BCUT2D eigenvalue weighted by atomic mass is 9.94. The molecule has 0 unspecified atom stereocenters. The molecule has 1 aliphatic heterocycles. The molecule has 0 aromatic heterocycles. The van der Waals surface area contributed by atoms with Crippen LogP contribution in [0.25, 0.3) is 0 Å². The van der Waals surface area contributed by atoms with E-state index < -0.39 is 10.0 Å². The predicted octanol–water partition coefficient (Wildman–Crippen LogP) is 4.27. The van der Waals surface area contributed by atoms with Crippen molar-refractivity contribution in [1.29, 1.82) is 0 Å². The maximum absolute atomic E-state index is 12.8. The zero-order chi connectivity index (χ0) is 21.6. The van der Waals surface area contributed by atoms with Gasteiger partial charge in [-0.05, 0) is 68.4 Å². The van der Waals surface area contributed by atoms with Crippen LogP contribution < -0.4 is 5.32 Å². The molecular formula is C23H29ClN2O3S. The number of nitrogens with one attached hydrogen (secondary N) is 1. The molecule has 5 nitrogen and oxygen atoms in total. The lowest BCUT2D eigenvalue weighted by Gasteiger charge is -2.31. The second kappa shape index (κ2) is 10.4. The van der Waals surface area contributed by atoms with Crippen molar-refractivity contribution < 1.29 is 13.2 Å². The van der Waals surface area contributed by atoms with Gasteiger partial charge in [-0.25, -0.2) is 8.42 Å². The largest absolute Gasteiger partial charge is 0.354 e. The highest BCUT2D eigenvalue weighted by molar-refractivity contribution is 7.89. The van der Waals surface area contributed by atoms with Gasteiger partial charge in [-0.1, -0.05) is 41.9 Å². The highest BCUT2D eigenvalue weighted by Gasteiger charge is 2.30. The number of halogens is 1. The fourth-order valence-electron chi connectivity index (χ4n) is 3.81. The number of rotatable bonds is 8. The van der Waals surface area contributed by atoms with Gasteiger partial charge in [0.15, 0.2) is 0 Å². The molecule has 0 aliphatic carbocycles. The summed E-state index contributed by atoms with van der Waals surface area (Å²) in [6, 6.07) is 16.6. The van der Waals surface area contributed by atoms with Gasteiger partial charge < -0.3 is 5.32 Å². The van der Waals surface area contributed by atoms with E-state index in [1.54, 1.807) is 12.1 Å². The summed E-state index contributed by atoms with van der Waals surface area (Å²) in [5.74, 6) is 0.262. The number of sulfonamides is 1. The first-order valence-corrected chi connectivity index (χ1v) is 12.3. The van der Waals surface area contributed by atoms with Gasteiger partial charge >= 0.3 is 0 Å². The van der Waals surface area contributed by atoms with Gasteiger partial charge in [0.25, 0.3) is 0 Å². The van der Waals surface area contributed by atoms with Gasteiger partial charge in [-0.15, -0.1) is 0 Å². The molecule has 2 aromatic carbocycles. The van der Waals surface area contributed by atoms with Gasteiger partial charge in [0.05, 0.1) is 4.90 Å². The van der Waals surface area contributed by atoms with Crippen molar-refractivity contribution in [2.75, 3.05) is 13.1 Å². The first-order valence-electron chi connectivity index (χ1n) is 10.4. The molecule has 0 spiro atoms. The van der Waals surface area contributed by atoms with Gasteiger partial charge in [-0.2, -0.15) is 4.31 Å². The summed E-state index contributed by atoms with van der Waals surface area (Å²) in [6.07, 6.45) is 3.67. The van der Waals surface area contributed by atoms with Crippen molar-refractivity contribution >= 4 is 27.5 Å². The van der Waals surface area contributed by atoms with E-state index in [0.29, 0.717) is 37.4 Å². The van der Waals surface area contributed by atoms with E-state index in [1.165, 1.54) is 22.0 Å². The van der Waals surface area contributed by atoms with Crippen LogP contribution in [0.5, 0.6) is 0 Å². The van der Waals surface area contributed by atoms with Gasteiger partial charge in [0.1, 0.15) is 0 Å². The third-order valence-corrected chi connectivity index (χ3v) is 7.78. The van der Waals surface area contributed by atoms with E-state index in [2.05, 4.69) is 17.4 Å². The van der Waals surface area contributed by atoms with E-state index in [4.69, 9.17) is 11.6 Å². The molecule has 3 rings (SSSR count). The summed E-state index contributed by atoms with van der Waals surface area (Å²) < 4.78 is 27.0. The van der Waals surface area contributed by atoms with E-state index in [0.717, 1.165) is 12.8 Å². The Morgan fingerprint density at radius 2 is 1.73 bits per heavy atom. The fraction of sp³-hybridized carbons (Fsp3) is 0.435. The van der Waals surface area contributed by atoms with E-state index in [9.17, 15) is 13.2 Å². The Hall–Kier alpha value is -1.89. The third kappa shape index (κ3) is 6.30. The number of hydrogen-bond acceptors (Lipinski definition) is 3. The zero-order valence-corrected chi connectivity index (χ0v) is 18.8. The zero-order valence-electron chi connectivity index (χ0n) is 17.3. The van der Waals surface area contributed by atoms with Gasteiger partial charge in [-0.3, -0.25) is 4.79 Å². The van der Waals surface area contributed by atoms with Crippen LogP contribution in [0, 0.1) is 5.92 Å². The topological polar surface area (TPSA) is 66.5 Å². The normalized spacial score (nSPS) is 16.9. The Labute approximate surface area is 184 Å². The lowest BCUT2D eigenvalue weighted by Crippen LogP contribution is -2.40. The van der Waals surface area contributed by atoms with Crippen LogP contribution in [-0.2, 0) is 21.2 Å². The van der Waals surface area contributed by atoms with Gasteiger partial charge in [0.2, 0.25) is 15.9 Å². The third-order valence-electron chi connectivity index (χ3n) is 5.62. The van der Waals surface area contributed by atoms with Crippen LogP contribution in [0.4, 0.5) is 0 Å². The number of piperidine rings is 1. The second-order valence-corrected chi connectivity index (χ2v) is 10.4. The van der Waals surface area contributed by atoms with E-state index in [-0.39, 0.29) is 22.8 Å². The van der Waals surface area contributed by atoms with Gasteiger partial charge in [0, 0.05) is 30.6 Å². The molecule has 1 atom stereocenters. The Kier molecular flexibility index (Phi) is 7.92. The van der Waals surface area contributed by atoms with Crippen LogP contribution in [0.2, 0.25) is 5.02 Å². The molecule has 0 saturated carbocycles. The molecule has 30 heavy (non-hydrogen) atoms. The summed E-state index contributed by atoms with van der Waals surface area (Å²) >= 11 is 5.86. The maximum Gasteiger partial charge on any atom is 0.243 e. The minimum absolute atomic E-state index is 0.0505. The van der Waals surface area contributed by atoms with Crippen molar-refractivity contribution in [2.45, 2.75) is 50.0 Å². The Morgan fingerprint density at radius 3 is 2.37 bits per heavy atom. The number of benzene rings is 2. The molecule has 1 heterocycles. The molecule has 7 heteroatoms. The summed E-state index contributed by atoms with van der Waals surface area (Å²) in [6.45, 7) is 2.90. The summed E-state index contributed by atoms with van der Waals surface area (Å²) in [5.41, 5.74) is 1.27. The molecule has 162 valence electrons. The number of aryl methyl sites for hydroxylation is 1. The highest BCUT2D eigenvalue weighted by atomic mass is 35.5. The highest BCUT2D eigenvalue weighted by Crippen LogP contribution is 2.26. The molecule has 1 amide bonds. The molecular weight excluding hydrogens is 420 g/mol. The van der Waals surface area contributed by atoms with Crippen LogP contribution >= 0.6 is 11.6 Å². The van der Waals surface area contributed by atoms with E-state index >= 15 is 0 Å². The molecule has 2 aromatic rings. The SMILES string of the molecule is C[C@H](CCc1ccccc1)NC(=O)CC1CCN(S(=O)(=O)c2ccc(Cl)cc2)CC1. The Bertz CT molecular complexity index is 925. The average molecular weight is 449 g/mol. The average Bonchev–Trinajstić information content (AvgIpc) is 2.73. The van der Waals surface area contributed by atoms with Crippen LogP contribution in [0.1, 0.15) is 38.2 Å². The number of nitrogens with zero attached hydrogens (tertiary/aromatic N) is 1. The smallest absolute Gasteiger partial charge is 0.243 e. The van der Waals surface area contributed by atoms with E-state index in [1.807, 2.05) is 25.1 Å². The molecule has 1 N–H and O–H groups in total. The molecule has 0 bridgehead atoms. The van der Waals surface area contributed by atoms with Crippen LogP contribution in [-0.4, -0.2) is 37.8 Å². The summed E-state index contributed by atoms with van der Waals surface area (Å²) in [7, 11) is -3.51. The number of carbonyl (C=O) groups is 1. The lowest BCUT2D eigenvalue weighted by molar-refractivity contribution is -0.122. The molecule has 1 fully saturated rings. The van der Waals surface area contributed by atoms with Crippen molar-refractivity contribution in [2.24, 2.45) is 5.92 Å². The quantitative estimate of drug-likeness (QED) is 0.655. The monoisotopic (exact) mass is 448 g/mol. The second-order valence-electron chi connectivity index (χ2n) is 8.00. The van der Waals surface area contributed by atoms with Crippen molar-refractivity contribution in [3.05, 3.63) is 65.2 Å². The molecule has 0 radical (unpaired) electrons. The molecule has 1 saturated heterocycles. The minimum atomic E-state index is -3.51. The van der Waals surface area contributed by atoms with Crippen molar-refractivity contribution in [3.63, 3.8) is 0 Å². The van der Waals surface area contributed by atoms with Crippen molar-refractivity contribution in [3.8, 4) is 0 Å². The minimum Gasteiger partial charge on any atom is -0.354 e. The Balaban J connectivity index is 1.42. The standard InChI is InChI=1S/C23H29ClN2O3S/c1-18(7-8-19-5-3-2-4-6-19)25-23(27)17-20-13-15-26(16-14-20)30(28,29)22-11-9-21(24)10-12-22/h2-6,9-12,18,20H,7-8,13-17H2,1H3,(H,25,27)/t18-/m1/s1. The number of amides is 1. The summed E-state index contributed by atoms with van der Waals surface area (Å²) in [5, 5.41) is 3.60. The number of carbonyl (C=O) groups excluding carboxylic acids is 1. The summed E-state index contributed by atoms with van der Waals surface area (Å²) in [4.78, 5) is 12.7. The van der Waals surface area contributed by atoms with Crippen molar-refractivity contribution in [1.82, 2.24) is 9.62 Å². The first-order chi connectivity index (χ1) is 14.3. The maximum atomic E-state index is 12.8. The first kappa shape index (κ1) is 22.8. The Morgan fingerprint density at radius 1 is 1.10 bits per heavy atom. The van der Waals surface area contributed by atoms with Crippen LogP contribution in [0.15, 0.2) is 59.5 Å². The predicted molar refractivity (Wildman–Crippen MR) is 120 cm³/mol.